The Morgan fingerprint density at radius 2 is 1.81 bits per heavy atom. The smallest absolute Gasteiger partial charge is 0.326 e. The minimum Gasteiger partial charge on any atom is -0.460 e. The zero-order valence-corrected chi connectivity index (χ0v) is 17.8. The van der Waals surface area contributed by atoms with Crippen molar-refractivity contribution in [2.45, 2.75) is 25.7 Å². The first-order chi connectivity index (χ1) is 15.5. The van der Waals surface area contributed by atoms with Gasteiger partial charge in [-0.25, -0.2) is 0 Å². The molecule has 2 unspecified atom stereocenters. The highest BCUT2D eigenvalue weighted by molar-refractivity contribution is 6.08. The normalized spacial score (nSPS) is 12.5. The summed E-state index contributed by atoms with van der Waals surface area (Å²) in [6.45, 7) is 2.07. The molecule has 0 bridgehead atoms. The molecule has 166 valence electrons. The van der Waals surface area contributed by atoms with Crippen molar-refractivity contribution in [3.63, 3.8) is 0 Å². The molecular weight excluding hydrogens is 410 g/mol. The average molecular weight is 435 g/mol. The molecular formula is C24H25N3O5. The second-order valence-electron chi connectivity index (χ2n) is 7.03. The van der Waals surface area contributed by atoms with Crippen LogP contribution in [0.3, 0.4) is 0 Å². The largest absolute Gasteiger partial charge is 0.460 e. The van der Waals surface area contributed by atoms with Gasteiger partial charge >= 0.3 is 5.97 Å². The zero-order valence-electron chi connectivity index (χ0n) is 17.8. The summed E-state index contributed by atoms with van der Waals surface area (Å²) in [5, 5.41) is 11.4. The summed E-state index contributed by atoms with van der Waals surface area (Å²) in [5.41, 5.74) is 9.20. The maximum Gasteiger partial charge on any atom is 0.326 e. The van der Waals surface area contributed by atoms with Gasteiger partial charge in [0.1, 0.15) is 31.4 Å². The first-order valence-electron chi connectivity index (χ1n) is 9.96. The molecule has 2 aromatic carbocycles. The third kappa shape index (κ3) is 4.93. The SMILES string of the molecule is COn1c2ccccc2c2ccnc(C)c21.NC(C(=O)OCc1ccccc1)C(O)C=O. The minimum atomic E-state index is -1.52. The van der Waals surface area contributed by atoms with Gasteiger partial charge in [-0.15, -0.1) is 0 Å². The van der Waals surface area contributed by atoms with Crippen LogP contribution in [0.25, 0.3) is 21.8 Å². The van der Waals surface area contributed by atoms with Crippen molar-refractivity contribution in [1.29, 1.82) is 0 Å². The number of para-hydroxylation sites is 1. The van der Waals surface area contributed by atoms with E-state index in [9.17, 15) is 9.59 Å². The molecule has 3 N–H and O–H groups in total. The summed E-state index contributed by atoms with van der Waals surface area (Å²) < 4.78 is 6.67. The number of hydrogen-bond acceptors (Lipinski definition) is 7. The summed E-state index contributed by atoms with van der Waals surface area (Å²) in [6.07, 6.45) is 0.515. The third-order valence-corrected chi connectivity index (χ3v) is 4.91. The number of nitrogens with zero attached hydrogens (tertiary/aromatic N) is 2. The highest BCUT2D eigenvalue weighted by Crippen LogP contribution is 2.28. The molecule has 2 heterocycles. The fraction of sp³-hybridized carbons (Fsp3) is 0.208. The fourth-order valence-corrected chi connectivity index (χ4v) is 3.27. The maximum absolute atomic E-state index is 11.3. The lowest BCUT2D eigenvalue weighted by Gasteiger charge is -2.12. The number of aryl methyl sites for hydroxylation is 1. The van der Waals surface area contributed by atoms with Crippen molar-refractivity contribution in [2.75, 3.05) is 7.11 Å². The summed E-state index contributed by atoms with van der Waals surface area (Å²) in [7, 11) is 1.68. The molecule has 0 radical (unpaired) electrons. The number of rotatable bonds is 6. The van der Waals surface area contributed by atoms with Crippen molar-refractivity contribution in [1.82, 2.24) is 9.71 Å². The molecule has 0 saturated heterocycles. The molecule has 0 aliphatic carbocycles. The van der Waals surface area contributed by atoms with Crippen LogP contribution in [-0.4, -0.2) is 46.3 Å². The van der Waals surface area contributed by atoms with E-state index >= 15 is 0 Å². The molecule has 0 aliphatic rings. The van der Waals surface area contributed by atoms with Crippen LogP contribution in [-0.2, 0) is 20.9 Å². The number of aldehydes is 1. The van der Waals surface area contributed by atoms with E-state index in [1.165, 1.54) is 10.8 Å². The minimum absolute atomic E-state index is 0.0684. The Morgan fingerprint density at radius 3 is 2.50 bits per heavy atom. The Morgan fingerprint density at radius 1 is 1.12 bits per heavy atom. The lowest BCUT2D eigenvalue weighted by atomic mass is 10.2. The molecule has 4 rings (SSSR count). The Bertz CT molecular complexity index is 1210. The quantitative estimate of drug-likeness (QED) is 0.352. The second kappa shape index (κ2) is 10.5. The van der Waals surface area contributed by atoms with Gasteiger partial charge in [0.2, 0.25) is 0 Å². The zero-order chi connectivity index (χ0) is 23.1. The number of carbonyl (C=O) groups is 2. The van der Waals surface area contributed by atoms with Crippen molar-refractivity contribution < 1.29 is 24.3 Å². The van der Waals surface area contributed by atoms with E-state index in [4.69, 9.17) is 20.4 Å². The highest BCUT2D eigenvalue weighted by atomic mass is 16.6. The number of carbonyl (C=O) groups excluding carboxylic acids is 2. The molecule has 8 heteroatoms. The van der Waals surface area contributed by atoms with Gasteiger partial charge < -0.3 is 25.2 Å². The van der Waals surface area contributed by atoms with Crippen LogP contribution in [0, 0.1) is 6.92 Å². The van der Waals surface area contributed by atoms with E-state index in [0.717, 1.165) is 22.3 Å². The van der Waals surface area contributed by atoms with Gasteiger partial charge in [0, 0.05) is 17.0 Å². The molecule has 0 aliphatic heterocycles. The van der Waals surface area contributed by atoms with E-state index < -0.39 is 18.1 Å². The molecule has 0 saturated carbocycles. The Labute approximate surface area is 185 Å². The van der Waals surface area contributed by atoms with Crippen LogP contribution < -0.4 is 10.6 Å². The van der Waals surface area contributed by atoms with Gasteiger partial charge in [-0.3, -0.25) is 9.78 Å². The Balaban J connectivity index is 0.000000181. The molecule has 32 heavy (non-hydrogen) atoms. The topological polar surface area (TPSA) is 117 Å². The van der Waals surface area contributed by atoms with E-state index in [-0.39, 0.29) is 12.9 Å². The van der Waals surface area contributed by atoms with E-state index in [1.54, 1.807) is 19.2 Å². The van der Waals surface area contributed by atoms with Crippen molar-refractivity contribution in [2.24, 2.45) is 5.73 Å². The monoisotopic (exact) mass is 435 g/mol. The predicted octanol–water partition coefficient (Wildman–Crippen LogP) is 2.17. The molecule has 2 aromatic heterocycles. The van der Waals surface area contributed by atoms with Crippen LogP contribution >= 0.6 is 0 Å². The van der Waals surface area contributed by atoms with Crippen LogP contribution in [0.15, 0.2) is 66.9 Å². The number of aliphatic hydroxyl groups excluding tert-OH is 1. The number of hydrogen-bond donors (Lipinski definition) is 2. The average Bonchev–Trinajstić information content (AvgIpc) is 3.17. The van der Waals surface area contributed by atoms with Crippen LogP contribution in [0.4, 0.5) is 0 Å². The van der Waals surface area contributed by atoms with Gasteiger partial charge in [-0.2, -0.15) is 4.73 Å². The third-order valence-electron chi connectivity index (χ3n) is 4.91. The lowest BCUT2D eigenvalue weighted by Crippen LogP contribution is -2.43. The molecule has 0 fully saturated rings. The molecule has 8 nitrogen and oxygen atoms in total. The molecule has 0 amide bonds. The van der Waals surface area contributed by atoms with E-state index in [0.29, 0.717) is 0 Å². The summed E-state index contributed by atoms with van der Waals surface area (Å²) in [6, 6.07) is 17.9. The second-order valence-corrected chi connectivity index (χ2v) is 7.03. The number of benzene rings is 2. The first kappa shape index (κ1) is 22.9. The van der Waals surface area contributed by atoms with Gasteiger partial charge in [-0.05, 0) is 24.6 Å². The maximum atomic E-state index is 11.3. The fourth-order valence-electron chi connectivity index (χ4n) is 3.27. The van der Waals surface area contributed by atoms with Crippen LogP contribution in [0.5, 0.6) is 0 Å². The van der Waals surface area contributed by atoms with Crippen molar-refractivity contribution >= 4 is 34.1 Å². The number of pyridine rings is 1. The van der Waals surface area contributed by atoms with Gasteiger partial charge in [0.05, 0.1) is 11.2 Å². The highest BCUT2D eigenvalue weighted by Gasteiger charge is 2.23. The van der Waals surface area contributed by atoms with Gasteiger partial charge in [0.25, 0.3) is 0 Å². The van der Waals surface area contributed by atoms with Crippen LogP contribution in [0.1, 0.15) is 11.3 Å². The van der Waals surface area contributed by atoms with Crippen molar-refractivity contribution in [3.8, 4) is 0 Å². The van der Waals surface area contributed by atoms with E-state index in [1.807, 2.05) is 54.2 Å². The van der Waals surface area contributed by atoms with E-state index in [2.05, 4.69) is 17.1 Å². The first-order valence-corrected chi connectivity index (χ1v) is 9.96. The van der Waals surface area contributed by atoms with Gasteiger partial charge in [-0.1, -0.05) is 48.5 Å². The summed E-state index contributed by atoms with van der Waals surface area (Å²) >= 11 is 0. The number of aliphatic hydroxyl groups is 1. The standard InChI is InChI=1S/C13H12N2O.C11H13NO4/c1-9-13-11(7-8-14-9)10-5-3-4-6-12(10)15(13)16-2;12-10(9(14)6-13)11(15)16-7-8-4-2-1-3-5-8/h3-8H,1-2H3;1-6,9-10,14H,7,12H2. The number of esters is 1. The van der Waals surface area contributed by atoms with Gasteiger partial charge in [0.15, 0.2) is 6.29 Å². The number of ether oxygens (including phenoxy) is 1. The molecule has 2 atom stereocenters. The summed E-state index contributed by atoms with van der Waals surface area (Å²) in [5.74, 6) is -0.802. The molecule has 4 aromatic rings. The predicted molar refractivity (Wildman–Crippen MR) is 121 cm³/mol. The lowest BCUT2D eigenvalue weighted by molar-refractivity contribution is -0.150. The number of nitrogens with two attached hydrogens (primary N) is 1. The number of fused-ring (bicyclic) bond motifs is 3. The summed E-state index contributed by atoms with van der Waals surface area (Å²) in [4.78, 5) is 31.2. The number of aromatic nitrogens is 2. The Hall–Kier alpha value is -3.75. The Kier molecular flexibility index (Phi) is 7.54. The van der Waals surface area contributed by atoms with Crippen molar-refractivity contribution in [3.05, 3.63) is 78.1 Å². The van der Waals surface area contributed by atoms with Crippen LogP contribution in [0.2, 0.25) is 0 Å². The molecule has 0 spiro atoms.